The van der Waals surface area contributed by atoms with Crippen LogP contribution in [0.2, 0.25) is 0 Å². The molecule has 1 rings (SSSR count). The summed E-state index contributed by atoms with van der Waals surface area (Å²) < 4.78 is 5.80. The standard InChI is InChI=1S/C21H32O/c1-5-18(4)10-8-11-19(6-2)12-9-17-22-21-15-13-20(7-3)14-16-21/h10,12-16H,5-9,11,17H2,1-4H3. The van der Waals surface area contributed by atoms with E-state index in [2.05, 4.69) is 64.1 Å². The molecule has 0 saturated carbocycles. The molecule has 0 spiro atoms. The summed E-state index contributed by atoms with van der Waals surface area (Å²) in [6.07, 6.45) is 11.5. The van der Waals surface area contributed by atoms with E-state index in [0.717, 1.165) is 38.0 Å². The van der Waals surface area contributed by atoms with E-state index in [1.807, 2.05) is 0 Å². The average Bonchev–Trinajstić information content (AvgIpc) is 2.57. The van der Waals surface area contributed by atoms with Crippen molar-refractivity contribution in [1.82, 2.24) is 0 Å². The Balaban J connectivity index is 2.32. The maximum atomic E-state index is 5.80. The molecule has 1 aromatic carbocycles. The molecule has 1 nitrogen and oxygen atoms in total. The van der Waals surface area contributed by atoms with Gasteiger partial charge >= 0.3 is 0 Å². The number of benzene rings is 1. The Bertz CT molecular complexity index is 465. The fourth-order valence-electron chi connectivity index (χ4n) is 2.33. The van der Waals surface area contributed by atoms with Gasteiger partial charge in [-0.2, -0.15) is 0 Å². The summed E-state index contributed by atoms with van der Waals surface area (Å²) in [6.45, 7) is 9.61. The van der Waals surface area contributed by atoms with Crippen LogP contribution in [0.25, 0.3) is 0 Å². The first-order chi connectivity index (χ1) is 10.7. The fraction of sp³-hybridized carbons (Fsp3) is 0.524. The molecule has 0 unspecified atom stereocenters. The Kier molecular flexibility index (Phi) is 9.37. The summed E-state index contributed by atoms with van der Waals surface area (Å²) in [5.41, 5.74) is 4.40. The molecule has 0 bridgehead atoms. The van der Waals surface area contributed by atoms with Crippen molar-refractivity contribution in [1.29, 1.82) is 0 Å². The Morgan fingerprint density at radius 2 is 1.68 bits per heavy atom. The van der Waals surface area contributed by atoms with E-state index < -0.39 is 0 Å². The number of ether oxygens (including phenoxy) is 1. The summed E-state index contributed by atoms with van der Waals surface area (Å²) >= 11 is 0. The summed E-state index contributed by atoms with van der Waals surface area (Å²) in [5.74, 6) is 0.977. The SMILES string of the molecule is CCC(C)=CCCC(=CCCOc1ccc(CC)cc1)CC. The van der Waals surface area contributed by atoms with Crippen molar-refractivity contribution in [3.05, 3.63) is 53.1 Å². The van der Waals surface area contributed by atoms with E-state index in [1.165, 1.54) is 24.0 Å². The summed E-state index contributed by atoms with van der Waals surface area (Å²) in [4.78, 5) is 0. The van der Waals surface area contributed by atoms with Gasteiger partial charge in [0.2, 0.25) is 0 Å². The van der Waals surface area contributed by atoms with Crippen LogP contribution in [0.5, 0.6) is 5.75 Å². The monoisotopic (exact) mass is 300 g/mol. The van der Waals surface area contributed by atoms with E-state index in [-0.39, 0.29) is 0 Å². The van der Waals surface area contributed by atoms with Crippen LogP contribution in [0.3, 0.4) is 0 Å². The lowest BCUT2D eigenvalue weighted by molar-refractivity contribution is 0.324. The molecular formula is C21H32O. The van der Waals surface area contributed by atoms with Gasteiger partial charge in [-0.05, 0) is 63.1 Å². The van der Waals surface area contributed by atoms with Crippen LogP contribution in [-0.4, -0.2) is 6.61 Å². The van der Waals surface area contributed by atoms with Crippen LogP contribution in [0.15, 0.2) is 47.6 Å². The predicted molar refractivity (Wildman–Crippen MR) is 97.6 cm³/mol. The van der Waals surface area contributed by atoms with Crippen molar-refractivity contribution >= 4 is 0 Å². The van der Waals surface area contributed by atoms with Crippen molar-refractivity contribution in [2.45, 2.75) is 66.2 Å². The number of allylic oxidation sites excluding steroid dienone is 3. The summed E-state index contributed by atoms with van der Waals surface area (Å²) in [6, 6.07) is 8.43. The number of hydrogen-bond donors (Lipinski definition) is 0. The third kappa shape index (κ3) is 7.49. The van der Waals surface area contributed by atoms with Crippen molar-refractivity contribution in [2.24, 2.45) is 0 Å². The largest absolute Gasteiger partial charge is 0.493 e. The second-order valence-electron chi connectivity index (χ2n) is 5.79. The van der Waals surface area contributed by atoms with Crippen LogP contribution in [0, 0.1) is 0 Å². The normalized spacial score (nSPS) is 12.5. The zero-order valence-electron chi connectivity index (χ0n) is 14.8. The lowest BCUT2D eigenvalue weighted by atomic mass is 10.0. The van der Waals surface area contributed by atoms with Crippen LogP contribution < -0.4 is 4.74 Å². The van der Waals surface area contributed by atoms with E-state index >= 15 is 0 Å². The Morgan fingerprint density at radius 1 is 0.955 bits per heavy atom. The van der Waals surface area contributed by atoms with Gasteiger partial charge in [0.1, 0.15) is 5.75 Å². The Labute approximate surface area is 137 Å². The van der Waals surface area contributed by atoms with Crippen LogP contribution >= 0.6 is 0 Å². The molecule has 122 valence electrons. The topological polar surface area (TPSA) is 9.23 Å². The molecule has 0 heterocycles. The van der Waals surface area contributed by atoms with Gasteiger partial charge in [-0.3, -0.25) is 0 Å². The molecule has 0 radical (unpaired) electrons. The second kappa shape index (κ2) is 11.1. The van der Waals surface area contributed by atoms with Crippen molar-refractivity contribution in [2.75, 3.05) is 6.61 Å². The van der Waals surface area contributed by atoms with Crippen LogP contribution in [-0.2, 0) is 6.42 Å². The lowest BCUT2D eigenvalue weighted by Gasteiger charge is -2.07. The maximum Gasteiger partial charge on any atom is 0.119 e. The molecule has 0 aromatic heterocycles. The Hall–Kier alpha value is -1.50. The molecule has 0 fully saturated rings. The minimum Gasteiger partial charge on any atom is -0.493 e. The van der Waals surface area contributed by atoms with E-state index in [4.69, 9.17) is 4.74 Å². The quantitative estimate of drug-likeness (QED) is 0.354. The molecule has 0 atom stereocenters. The minimum absolute atomic E-state index is 0.763. The highest BCUT2D eigenvalue weighted by Crippen LogP contribution is 2.15. The van der Waals surface area contributed by atoms with E-state index in [0.29, 0.717) is 0 Å². The number of rotatable bonds is 10. The van der Waals surface area contributed by atoms with Gasteiger partial charge in [0.25, 0.3) is 0 Å². The molecule has 1 heteroatoms. The van der Waals surface area contributed by atoms with Crippen molar-refractivity contribution in [3.8, 4) is 5.75 Å². The fourth-order valence-corrected chi connectivity index (χ4v) is 2.33. The minimum atomic E-state index is 0.763. The predicted octanol–water partition coefficient (Wildman–Crippen LogP) is 6.49. The third-order valence-corrected chi connectivity index (χ3v) is 4.12. The molecule has 0 N–H and O–H groups in total. The first kappa shape index (κ1) is 18.5. The first-order valence-electron chi connectivity index (χ1n) is 8.74. The zero-order chi connectivity index (χ0) is 16.2. The van der Waals surface area contributed by atoms with Gasteiger partial charge in [-0.1, -0.05) is 56.2 Å². The third-order valence-electron chi connectivity index (χ3n) is 4.12. The highest BCUT2D eigenvalue weighted by atomic mass is 16.5. The van der Waals surface area contributed by atoms with E-state index in [9.17, 15) is 0 Å². The van der Waals surface area contributed by atoms with Gasteiger partial charge in [-0.25, -0.2) is 0 Å². The van der Waals surface area contributed by atoms with Crippen molar-refractivity contribution in [3.63, 3.8) is 0 Å². The summed E-state index contributed by atoms with van der Waals surface area (Å²) in [5, 5.41) is 0. The van der Waals surface area contributed by atoms with Gasteiger partial charge in [0, 0.05) is 0 Å². The van der Waals surface area contributed by atoms with Gasteiger partial charge in [-0.15, -0.1) is 0 Å². The van der Waals surface area contributed by atoms with Crippen LogP contribution in [0.1, 0.15) is 65.4 Å². The molecule has 22 heavy (non-hydrogen) atoms. The average molecular weight is 300 g/mol. The molecule has 0 aliphatic carbocycles. The maximum absolute atomic E-state index is 5.80. The molecule has 0 aliphatic rings. The molecular weight excluding hydrogens is 268 g/mol. The van der Waals surface area contributed by atoms with E-state index in [1.54, 1.807) is 5.57 Å². The Morgan fingerprint density at radius 3 is 2.27 bits per heavy atom. The van der Waals surface area contributed by atoms with Gasteiger partial charge in [0.15, 0.2) is 0 Å². The first-order valence-corrected chi connectivity index (χ1v) is 8.74. The van der Waals surface area contributed by atoms with Crippen LogP contribution in [0.4, 0.5) is 0 Å². The molecule has 0 aliphatic heterocycles. The van der Waals surface area contributed by atoms with Gasteiger partial charge in [0.05, 0.1) is 6.61 Å². The lowest BCUT2D eigenvalue weighted by Crippen LogP contribution is -1.96. The smallest absolute Gasteiger partial charge is 0.119 e. The second-order valence-corrected chi connectivity index (χ2v) is 5.79. The van der Waals surface area contributed by atoms with Gasteiger partial charge < -0.3 is 4.74 Å². The highest BCUT2D eigenvalue weighted by Gasteiger charge is 1.96. The molecule has 0 amide bonds. The van der Waals surface area contributed by atoms with Crippen molar-refractivity contribution < 1.29 is 4.74 Å². The zero-order valence-corrected chi connectivity index (χ0v) is 14.8. The molecule has 1 aromatic rings. The highest BCUT2D eigenvalue weighted by molar-refractivity contribution is 5.27. The number of aryl methyl sites for hydroxylation is 1. The summed E-state index contributed by atoms with van der Waals surface area (Å²) in [7, 11) is 0. The molecule has 0 saturated heterocycles. The number of hydrogen-bond acceptors (Lipinski definition) is 1.